The number of aryl methyl sites for hydroxylation is 1. The molecule has 1 N–H and O–H groups in total. The first kappa shape index (κ1) is 23.1. The molecule has 0 aliphatic heterocycles. The highest BCUT2D eigenvalue weighted by Crippen LogP contribution is 2.28. The summed E-state index contributed by atoms with van der Waals surface area (Å²) in [7, 11) is 0. The fraction of sp³-hybridized carbons (Fsp3) is 0.120. The minimum absolute atomic E-state index is 0.0807. The number of nitro benzene ring substituents is 1. The van der Waals surface area contributed by atoms with Crippen LogP contribution in [0.1, 0.15) is 12.0 Å². The van der Waals surface area contributed by atoms with Gasteiger partial charge in [0.25, 0.3) is 11.6 Å². The first-order valence-corrected chi connectivity index (χ1v) is 10.8. The fourth-order valence-corrected chi connectivity index (χ4v) is 3.48. The Balaban J connectivity index is 1.62. The van der Waals surface area contributed by atoms with Crippen LogP contribution in [0.5, 0.6) is 0 Å². The van der Waals surface area contributed by atoms with E-state index >= 15 is 0 Å². The van der Waals surface area contributed by atoms with Crippen LogP contribution >= 0.6 is 0 Å². The van der Waals surface area contributed by atoms with Gasteiger partial charge >= 0.3 is 0 Å². The molecule has 35 heavy (non-hydrogen) atoms. The van der Waals surface area contributed by atoms with Gasteiger partial charge in [0, 0.05) is 54.9 Å². The van der Waals surface area contributed by atoms with Gasteiger partial charge in [-0.2, -0.15) is 10.4 Å². The van der Waals surface area contributed by atoms with Crippen LogP contribution in [0.15, 0.2) is 85.1 Å². The molecule has 0 spiro atoms. The number of nitriles is 1. The second kappa shape index (κ2) is 10.7. The van der Waals surface area contributed by atoms with E-state index in [1.54, 1.807) is 35.5 Å². The van der Waals surface area contributed by atoms with E-state index in [1.807, 2.05) is 47.2 Å². The number of carbonyl (C=O) groups excluding carboxylic acids is 1. The van der Waals surface area contributed by atoms with E-state index in [9.17, 15) is 20.2 Å². The number of hydrogen-bond donors (Lipinski definition) is 1. The Labute approximate surface area is 200 Å². The van der Waals surface area contributed by atoms with Crippen molar-refractivity contribution in [2.45, 2.75) is 13.0 Å². The average Bonchev–Trinajstić information content (AvgIpc) is 3.56. The molecule has 10 heteroatoms. The molecule has 0 saturated heterocycles. The molecule has 2 aromatic carbocycles. The number of aromatic nitrogens is 4. The smallest absolute Gasteiger partial charge is 0.270 e. The molecule has 2 aromatic heterocycles. The van der Waals surface area contributed by atoms with E-state index in [1.165, 1.54) is 18.2 Å². The summed E-state index contributed by atoms with van der Waals surface area (Å²) >= 11 is 0. The maximum atomic E-state index is 12.7. The number of nitro groups is 1. The van der Waals surface area contributed by atoms with Crippen LogP contribution in [0.4, 0.5) is 5.69 Å². The number of imidazole rings is 1. The van der Waals surface area contributed by atoms with Crippen molar-refractivity contribution in [2.75, 3.05) is 6.54 Å². The van der Waals surface area contributed by atoms with Crippen molar-refractivity contribution >= 4 is 17.7 Å². The number of nitrogens with zero attached hydrogens (tertiary/aromatic N) is 6. The number of carbonyl (C=O) groups is 1. The number of hydrogen-bond acceptors (Lipinski definition) is 6. The molecular weight excluding hydrogens is 446 g/mol. The third-order valence-corrected chi connectivity index (χ3v) is 5.20. The molecule has 0 saturated carbocycles. The summed E-state index contributed by atoms with van der Waals surface area (Å²) < 4.78 is 3.51. The molecule has 4 aromatic rings. The monoisotopic (exact) mass is 467 g/mol. The normalized spacial score (nSPS) is 11.1. The highest BCUT2D eigenvalue weighted by molar-refractivity contribution is 6.02. The number of para-hydroxylation sites is 1. The molecule has 0 fully saturated rings. The first-order valence-electron chi connectivity index (χ1n) is 10.8. The molecule has 10 nitrogen and oxygen atoms in total. The quantitative estimate of drug-likeness (QED) is 0.131. The highest BCUT2D eigenvalue weighted by atomic mass is 16.6. The largest absolute Gasteiger partial charge is 0.351 e. The molecular formula is C25H21N7O3. The van der Waals surface area contributed by atoms with E-state index < -0.39 is 10.8 Å². The van der Waals surface area contributed by atoms with Gasteiger partial charge in [-0.25, -0.2) is 9.67 Å². The highest BCUT2D eigenvalue weighted by Gasteiger charge is 2.17. The Morgan fingerprint density at radius 1 is 1.20 bits per heavy atom. The summed E-state index contributed by atoms with van der Waals surface area (Å²) in [4.78, 5) is 27.4. The average molecular weight is 467 g/mol. The van der Waals surface area contributed by atoms with Gasteiger partial charge in [0.15, 0.2) is 0 Å². The summed E-state index contributed by atoms with van der Waals surface area (Å²) in [5.41, 5.74) is 1.99. The van der Waals surface area contributed by atoms with Crippen LogP contribution in [0, 0.1) is 21.4 Å². The molecule has 0 aliphatic carbocycles. The first-order chi connectivity index (χ1) is 17.0. The van der Waals surface area contributed by atoms with Gasteiger partial charge in [-0.3, -0.25) is 14.9 Å². The summed E-state index contributed by atoms with van der Waals surface area (Å²) in [6.45, 7) is 1.07. The number of nitrogens with one attached hydrogen (secondary N) is 1. The summed E-state index contributed by atoms with van der Waals surface area (Å²) in [6.07, 6.45) is 9.03. The van der Waals surface area contributed by atoms with Gasteiger partial charge in [-0.15, -0.1) is 0 Å². The van der Waals surface area contributed by atoms with Gasteiger partial charge in [0.2, 0.25) is 0 Å². The van der Waals surface area contributed by atoms with Crippen molar-refractivity contribution in [3.05, 3.63) is 101 Å². The third-order valence-electron chi connectivity index (χ3n) is 5.20. The summed E-state index contributed by atoms with van der Waals surface area (Å²) in [5, 5.41) is 28.3. The zero-order chi connectivity index (χ0) is 24.6. The Kier molecular flexibility index (Phi) is 7.08. The molecule has 2 heterocycles. The maximum Gasteiger partial charge on any atom is 0.270 e. The Morgan fingerprint density at radius 3 is 2.74 bits per heavy atom. The van der Waals surface area contributed by atoms with Crippen molar-refractivity contribution in [1.29, 1.82) is 5.26 Å². The molecule has 0 radical (unpaired) electrons. The van der Waals surface area contributed by atoms with Crippen molar-refractivity contribution in [3.63, 3.8) is 0 Å². The second-order valence-electron chi connectivity index (χ2n) is 7.60. The fourth-order valence-electron chi connectivity index (χ4n) is 3.48. The van der Waals surface area contributed by atoms with Crippen LogP contribution < -0.4 is 5.32 Å². The van der Waals surface area contributed by atoms with E-state index in [0.29, 0.717) is 36.3 Å². The molecule has 4 rings (SSSR count). The molecule has 0 bridgehead atoms. The van der Waals surface area contributed by atoms with E-state index in [2.05, 4.69) is 15.4 Å². The minimum atomic E-state index is -0.504. The van der Waals surface area contributed by atoms with Gasteiger partial charge in [-0.05, 0) is 24.6 Å². The number of non-ortho nitro benzene ring substituents is 1. The minimum Gasteiger partial charge on any atom is -0.351 e. The Hall–Kier alpha value is -5.04. The molecule has 0 unspecified atom stereocenters. The number of benzene rings is 2. The van der Waals surface area contributed by atoms with Crippen LogP contribution in [0.25, 0.3) is 23.0 Å². The Morgan fingerprint density at radius 2 is 2.03 bits per heavy atom. The van der Waals surface area contributed by atoms with Crippen molar-refractivity contribution in [3.8, 4) is 23.0 Å². The lowest BCUT2D eigenvalue weighted by Gasteiger charge is -2.05. The van der Waals surface area contributed by atoms with Crippen molar-refractivity contribution < 1.29 is 9.72 Å². The zero-order valence-corrected chi connectivity index (χ0v) is 18.6. The van der Waals surface area contributed by atoms with E-state index in [4.69, 9.17) is 0 Å². The SMILES string of the molecule is N#C/C(=C\c1cn(-c2ccccc2)nc1-c1cccc([N+](=O)[O-])c1)C(=O)NCCCn1ccnc1. The lowest BCUT2D eigenvalue weighted by atomic mass is 10.1. The second-order valence-corrected chi connectivity index (χ2v) is 7.60. The van der Waals surface area contributed by atoms with Crippen LogP contribution in [0.3, 0.4) is 0 Å². The summed E-state index contributed by atoms with van der Waals surface area (Å²) in [5.74, 6) is -0.504. The van der Waals surface area contributed by atoms with Gasteiger partial charge in [-0.1, -0.05) is 30.3 Å². The van der Waals surface area contributed by atoms with Gasteiger partial charge < -0.3 is 9.88 Å². The number of rotatable bonds is 9. The molecule has 0 aliphatic rings. The number of amides is 1. The Bertz CT molecular complexity index is 1400. The van der Waals surface area contributed by atoms with Gasteiger partial charge in [0.05, 0.1) is 16.9 Å². The lowest BCUT2D eigenvalue weighted by molar-refractivity contribution is -0.384. The third kappa shape index (κ3) is 5.66. The topological polar surface area (TPSA) is 132 Å². The molecule has 1 amide bonds. The van der Waals surface area contributed by atoms with Crippen molar-refractivity contribution in [1.82, 2.24) is 24.6 Å². The van der Waals surface area contributed by atoms with Crippen LogP contribution in [0.2, 0.25) is 0 Å². The maximum absolute atomic E-state index is 12.7. The predicted molar refractivity (Wildman–Crippen MR) is 129 cm³/mol. The summed E-state index contributed by atoms with van der Waals surface area (Å²) in [6, 6.07) is 17.3. The van der Waals surface area contributed by atoms with E-state index in [0.717, 1.165) is 5.69 Å². The molecule has 0 atom stereocenters. The predicted octanol–water partition coefficient (Wildman–Crippen LogP) is 3.76. The zero-order valence-electron chi connectivity index (χ0n) is 18.6. The standard InChI is InChI=1S/C25H21N7O3/c26-16-20(25(33)28-10-5-12-30-13-11-27-18-30)14-21-17-31(22-7-2-1-3-8-22)29-24(21)19-6-4-9-23(15-19)32(34)35/h1-4,6-9,11,13-15,17-18H,5,10,12H2,(H,28,33)/b20-14+. The van der Waals surface area contributed by atoms with Crippen LogP contribution in [-0.4, -0.2) is 36.7 Å². The lowest BCUT2D eigenvalue weighted by Crippen LogP contribution is -2.26. The van der Waals surface area contributed by atoms with Gasteiger partial charge in [0.1, 0.15) is 17.3 Å². The van der Waals surface area contributed by atoms with Crippen LogP contribution in [-0.2, 0) is 11.3 Å². The van der Waals surface area contributed by atoms with Crippen molar-refractivity contribution in [2.24, 2.45) is 0 Å². The van der Waals surface area contributed by atoms with E-state index in [-0.39, 0.29) is 11.3 Å². The molecule has 174 valence electrons.